The average molecular weight is 294 g/mol. The molecule has 0 aliphatic rings. The van der Waals surface area contributed by atoms with Crippen LogP contribution in [0.4, 0.5) is 11.4 Å². The Kier molecular flexibility index (Phi) is 3.58. The number of nitrogens with two attached hydrogens (primary N) is 1. The number of benzene rings is 1. The molecule has 7 nitrogen and oxygen atoms in total. The van der Waals surface area contributed by atoms with Crippen LogP contribution in [-0.4, -0.2) is 22.4 Å². The topological polar surface area (TPSA) is 111 Å². The van der Waals surface area contributed by atoms with Crippen molar-refractivity contribution in [1.82, 2.24) is 4.98 Å². The summed E-state index contributed by atoms with van der Waals surface area (Å²) in [6.45, 7) is 3.56. The second-order valence-electron chi connectivity index (χ2n) is 5.02. The first-order valence-corrected chi connectivity index (χ1v) is 6.75. The van der Waals surface area contributed by atoms with E-state index in [9.17, 15) is 14.9 Å². The fourth-order valence-corrected chi connectivity index (χ4v) is 2.33. The number of amides is 1. The molecule has 8 heteroatoms. The van der Waals surface area contributed by atoms with Crippen molar-refractivity contribution in [2.24, 2.45) is 11.1 Å². The number of fused-ring (bicyclic) bond motifs is 1. The maximum Gasteiger partial charge on any atom is 0.319 e. The van der Waals surface area contributed by atoms with Crippen LogP contribution in [0.15, 0.2) is 17.6 Å². The van der Waals surface area contributed by atoms with Crippen LogP contribution in [0.3, 0.4) is 0 Å². The zero-order valence-electron chi connectivity index (χ0n) is 11.0. The number of nitrogens with zero attached hydrogens (tertiary/aromatic N) is 2. The number of nitro groups is 1. The molecule has 1 heterocycles. The third kappa shape index (κ3) is 2.55. The van der Waals surface area contributed by atoms with Crippen molar-refractivity contribution in [1.29, 1.82) is 0 Å². The highest BCUT2D eigenvalue weighted by molar-refractivity contribution is 7.16. The van der Waals surface area contributed by atoms with Crippen LogP contribution in [0.5, 0.6) is 0 Å². The number of anilines is 1. The van der Waals surface area contributed by atoms with Crippen molar-refractivity contribution in [2.45, 2.75) is 13.8 Å². The molecule has 0 aliphatic heterocycles. The number of nitro benzene ring substituents is 1. The number of nitrogens with one attached hydrogen (secondary N) is 1. The lowest BCUT2D eigenvalue weighted by Crippen LogP contribution is -2.37. The summed E-state index contributed by atoms with van der Waals surface area (Å²) >= 11 is 1.34. The van der Waals surface area contributed by atoms with Gasteiger partial charge in [0, 0.05) is 6.54 Å². The van der Waals surface area contributed by atoms with Crippen LogP contribution < -0.4 is 11.1 Å². The maximum absolute atomic E-state index is 11.3. The number of primary amides is 1. The first-order chi connectivity index (χ1) is 9.33. The summed E-state index contributed by atoms with van der Waals surface area (Å²) in [6, 6.07) is 3.38. The van der Waals surface area contributed by atoms with Gasteiger partial charge in [-0.1, -0.05) is 0 Å². The maximum atomic E-state index is 11.3. The summed E-state index contributed by atoms with van der Waals surface area (Å²) in [5.41, 5.74) is 6.65. The summed E-state index contributed by atoms with van der Waals surface area (Å²) in [4.78, 5) is 26.1. The van der Waals surface area contributed by atoms with E-state index in [1.54, 1.807) is 31.5 Å². The molecule has 0 spiro atoms. The molecular weight excluding hydrogens is 280 g/mol. The van der Waals surface area contributed by atoms with Crippen molar-refractivity contribution in [3.8, 4) is 0 Å². The molecule has 0 unspecified atom stereocenters. The van der Waals surface area contributed by atoms with Gasteiger partial charge in [-0.3, -0.25) is 14.9 Å². The number of carbonyl (C=O) groups is 1. The molecule has 1 aromatic carbocycles. The Morgan fingerprint density at radius 3 is 2.85 bits per heavy atom. The summed E-state index contributed by atoms with van der Waals surface area (Å²) in [7, 11) is 0. The minimum absolute atomic E-state index is 0.0796. The Morgan fingerprint density at radius 2 is 2.25 bits per heavy atom. The molecule has 2 rings (SSSR count). The SMILES string of the molecule is CC(C)(CNc1ccc2scnc2c1[N+](=O)[O-])C(N)=O. The summed E-state index contributed by atoms with van der Waals surface area (Å²) in [5, 5.41) is 14.2. The summed E-state index contributed by atoms with van der Waals surface area (Å²) < 4.78 is 0.747. The van der Waals surface area contributed by atoms with Crippen LogP contribution in [0.1, 0.15) is 13.8 Å². The highest BCUT2D eigenvalue weighted by Crippen LogP contribution is 2.34. The van der Waals surface area contributed by atoms with E-state index in [2.05, 4.69) is 10.3 Å². The van der Waals surface area contributed by atoms with E-state index in [0.717, 1.165) is 4.70 Å². The van der Waals surface area contributed by atoms with Gasteiger partial charge >= 0.3 is 5.69 Å². The highest BCUT2D eigenvalue weighted by Gasteiger charge is 2.27. The lowest BCUT2D eigenvalue weighted by Gasteiger charge is -2.21. The van der Waals surface area contributed by atoms with E-state index in [1.165, 1.54) is 11.3 Å². The first kappa shape index (κ1) is 14.2. The number of rotatable bonds is 5. The monoisotopic (exact) mass is 294 g/mol. The third-order valence-corrected chi connectivity index (χ3v) is 3.84. The first-order valence-electron chi connectivity index (χ1n) is 5.87. The number of thiazole rings is 1. The Labute approximate surface area is 119 Å². The van der Waals surface area contributed by atoms with E-state index >= 15 is 0 Å². The smallest absolute Gasteiger partial charge is 0.319 e. The van der Waals surface area contributed by atoms with Gasteiger partial charge in [0.1, 0.15) is 5.69 Å². The molecule has 1 amide bonds. The summed E-state index contributed by atoms with van der Waals surface area (Å²) in [6.07, 6.45) is 0. The van der Waals surface area contributed by atoms with Crippen molar-refractivity contribution >= 4 is 38.8 Å². The zero-order valence-corrected chi connectivity index (χ0v) is 11.9. The minimum atomic E-state index is -0.801. The highest BCUT2D eigenvalue weighted by atomic mass is 32.1. The van der Waals surface area contributed by atoms with Crippen LogP contribution in [0.25, 0.3) is 10.2 Å². The molecule has 0 saturated carbocycles. The van der Waals surface area contributed by atoms with Crippen LogP contribution in [-0.2, 0) is 4.79 Å². The molecule has 0 fully saturated rings. The number of hydrogen-bond donors (Lipinski definition) is 2. The molecule has 1 aromatic heterocycles. The number of carbonyl (C=O) groups excluding carboxylic acids is 1. The van der Waals surface area contributed by atoms with E-state index in [4.69, 9.17) is 5.73 Å². The van der Waals surface area contributed by atoms with Gasteiger partial charge in [-0.05, 0) is 26.0 Å². The second-order valence-corrected chi connectivity index (χ2v) is 5.91. The van der Waals surface area contributed by atoms with Crippen LogP contribution in [0, 0.1) is 15.5 Å². The Hall–Kier alpha value is -2.22. The third-order valence-electron chi connectivity index (χ3n) is 3.05. The molecule has 106 valence electrons. The van der Waals surface area contributed by atoms with Gasteiger partial charge < -0.3 is 11.1 Å². The van der Waals surface area contributed by atoms with Crippen molar-refractivity contribution < 1.29 is 9.72 Å². The Balaban J connectivity index is 2.37. The molecule has 0 saturated heterocycles. The molecule has 20 heavy (non-hydrogen) atoms. The molecule has 0 bridgehead atoms. The number of hydrogen-bond acceptors (Lipinski definition) is 6. The molecule has 0 radical (unpaired) electrons. The van der Waals surface area contributed by atoms with E-state index in [1.807, 2.05) is 0 Å². The Bertz CT molecular complexity index is 680. The van der Waals surface area contributed by atoms with Gasteiger partial charge in [-0.2, -0.15) is 0 Å². The van der Waals surface area contributed by atoms with E-state index in [-0.39, 0.29) is 12.2 Å². The molecule has 0 atom stereocenters. The van der Waals surface area contributed by atoms with Gasteiger partial charge in [0.15, 0.2) is 5.52 Å². The van der Waals surface area contributed by atoms with Gasteiger partial charge in [-0.15, -0.1) is 11.3 Å². The van der Waals surface area contributed by atoms with Crippen LogP contribution in [0.2, 0.25) is 0 Å². The van der Waals surface area contributed by atoms with Gasteiger partial charge in [0.2, 0.25) is 5.91 Å². The molecule has 2 aromatic rings. The minimum Gasteiger partial charge on any atom is -0.378 e. The predicted octanol–water partition coefficient (Wildman–Crippen LogP) is 2.13. The zero-order chi connectivity index (χ0) is 14.9. The lowest BCUT2D eigenvalue weighted by atomic mass is 9.92. The fourth-order valence-electron chi connectivity index (χ4n) is 1.65. The molecule has 0 aliphatic carbocycles. The largest absolute Gasteiger partial charge is 0.378 e. The van der Waals surface area contributed by atoms with E-state index < -0.39 is 16.2 Å². The normalized spacial score (nSPS) is 11.5. The van der Waals surface area contributed by atoms with Crippen molar-refractivity contribution in [2.75, 3.05) is 11.9 Å². The standard InChI is InChI=1S/C12H14N4O3S/c1-12(2,11(13)17)5-14-7-3-4-8-9(15-6-20-8)10(7)16(18)19/h3-4,6,14H,5H2,1-2H3,(H2,13,17). The lowest BCUT2D eigenvalue weighted by molar-refractivity contribution is -0.382. The van der Waals surface area contributed by atoms with Gasteiger partial charge in [0.05, 0.1) is 20.5 Å². The van der Waals surface area contributed by atoms with Crippen molar-refractivity contribution in [3.63, 3.8) is 0 Å². The van der Waals surface area contributed by atoms with E-state index in [0.29, 0.717) is 11.2 Å². The Morgan fingerprint density at radius 1 is 1.55 bits per heavy atom. The van der Waals surface area contributed by atoms with Gasteiger partial charge in [0.25, 0.3) is 0 Å². The molecule has 3 N–H and O–H groups in total. The van der Waals surface area contributed by atoms with Gasteiger partial charge in [-0.25, -0.2) is 4.98 Å². The number of aromatic nitrogens is 1. The predicted molar refractivity (Wildman–Crippen MR) is 77.7 cm³/mol. The fraction of sp³-hybridized carbons (Fsp3) is 0.333. The quantitative estimate of drug-likeness (QED) is 0.648. The van der Waals surface area contributed by atoms with Crippen molar-refractivity contribution in [3.05, 3.63) is 27.8 Å². The second kappa shape index (κ2) is 5.04. The molecular formula is C12H14N4O3S. The summed E-state index contributed by atoms with van der Waals surface area (Å²) in [5.74, 6) is -0.470. The average Bonchev–Trinajstić information content (AvgIpc) is 2.83. The van der Waals surface area contributed by atoms with Crippen LogP contribution >= 0.6 is 11.3 Å².